The first-order valence-corrected chi connectivity index (χ1v) is 7.71. The van der Waals surface area contributed by atoms with Gasteiger partial charge in [0.25, 0.3) is 0 Å². The molecule has 1 aromatic heterocycles. The molecule has 1 heterocycles. The van der Waals surface area contributed by atoms with Crippen LogP contribution in [0.4, 0.5) is 14.5 Å². The number of hydrogen-bond acceptors (Lipinski definition) is 1. The Morgan fingerprint density at radius 3 is 2.50 bits per heavy atom. The Bertz CT molecular complexity index is 914. The summed E-state index contributed by atoms with van der Waals surface area (Å²) in [4.78, 5) is 15.7. The van der Waals surface area contributed by atoms with Crippen molar-refractivity contribution < 1.29 is 13.6 Å². The molecule has 0 radical (unpaired) electrons. The maximum Gasteiger partial charge on any atom is 0.234 e. The molecule has 0 aliphatic carbocycles. The Morgan fingerprint density at radius 1 is 1.17 bits per heavy atom. The topological polar surface area (TPSA) is 44.9 Å². The molecule has 0 saturated carbocycles. The summed E-state index contributed by atoms with van der Waals surface area (Å²) in [5, 5.41) is 3.76. The van der Waals surface area contributed by atoms with E-state index in [1.807, 2.05) is 6.07 Å². The number of nitrogens with one attached hydrogen (secondary N) is 2. The number of aromatic amines is 1. The van der Waals surface area contributed by atoms with Crippen LogP contribution in [0.2, 0.25) is 5.02 Å². The molecule has 1 amide bonds. The molecule has 124 valence electrons. The molecule has 2 N–H and O–H groups in total. The van der Waals surface area contributed by atoms with Crippen molar-refractivity contribution in [2.24, 2.45) is 0 Å². The van der Waals surface area contributed by atoms with Crippen LogP contribution in [0, 0.1) is 11.6 Å². The normalized spacial score (nSPS) is 11.7. The van der Waals surface area contributed by atoms with Gasteiger partial charge in [0.15, 0.2) is 0 Å². The standard InChI is InChI=1S/C18H15ClF2N2O/c1-18(2,12-9-22-15-8-10(19)6-7-11(12)15)17(24)23-16-13(20)4-3-5-14(16)21/h3-9,22H,1-2H3,(H,23,24). The van der Waals surface area contributed by atoms with E-state index in [9.17, 15) is 13.6 Å². The Kier molecular flexibility index (Phi) is 4.05. The fraction of sp³-hybridized carbons (Fsp3) is 0.167. The molecule has 0 saturated heterocycles. The van der Waals surface area contributed by atoms with Crippen LogP contribution in [0.1, 0.15) is 19.4 Å². The Hall–Kier alpha value is -2.40. The van der Waals surface area contributed by atoms with Crippen LogP contribution in [-0.4, -0.2) is 10.9 Å². The number of H-pyrrole nitrogens is 1. The molecule has 0 fully saturated rings. The number of carbonyl (C=O) groups excluding carboxylic acids is 1. The summed E-state index contributed by atoms with van der Waals surface area (Å²) in [6.07, 6.45) is 1.71. The number of carbonyl (C=O) groups is 1. The third-order valence-corrected chi connectivity index (χ3v) is 4.32. The number of para-hydroxylation sites is 1. The maximum atomic E-state index is 13.8. The first-order chi connectivity index (χ1) is 11.3. The van der Waals surface area contributed by atoms with Gasteiger partial charge in [-0.1, -0.05) is 23.7 Å². The van der Waals surface area contributed by atoms with Gasteiger partial charge in [-0.2, -0.15) is 0 Å². The lowest BCUT2D eigenvalue weighted by Gasteiger charge is -2.23. The van der Waals surface area contributed by atoms with Crippen LogP contribution < -0.4 is 5.32 Å². The number of amides is 1. The van der Waals surface area contributed by atoms with E-state index in [0.29, 0.717) is 10.6 Å². The van der Waals surface area contributed by atoms with Gasteiger partial charge in [0.1, 0.15) is 17.3 Å². The lowest BCUT2D eigenvalue weighted by Crippen LogP contribution is -2.35. The highest BCUT2D eigenvalue weighted by Gasteiger charge is 2.33. The van der Waals surface area contributed by atoms with Crippen molar-refractivity contribution in [3.63, 3.8) is 0 Å². The van der Waals surface area contributed by atoms with Crippen molar-refractivity contribution in [3.05, 3.63) is 64.8 Å². The van der Waals surface area contributed by atoms with Crippen molar-refractivity contribution in [1.29, 1.82) is 0 Å². The van der Waals surface area contributed by atoms with Crippen LogP contribution in [0.25, 0.3) is 10.9 Å². The van der Waals surface area contributed by atoms with Crippen LogP contribution >= 0.6 is 11.6 Å². The summed E-state index contributed by atoms with van der Waals surface area (Å²) in [6, 6.07) is 8.73. The van der Waals surface area contributed by atoms with Gasteiger partial charge in [0.2, 0.25) is 5.91 Å². The smallest absolute Gasteiger partial charge is 0.234 e. The van der Waals surface area contributed by atoms with Gasteiger partial charge < -0.3 is 10.3 Å². The second kappa shape index (κ2) is 5.91. The predicted octanol–water partition coefficient (Wildman–Crippen LogP) is 5.02. The second-order valence-corrected chi connectivity index (χ2v) is 6.50. The van der Waals surface area contributed by atoms with Gasteiger partial charge in [0.05, 0.1) is 5.41 Å². The number of anilines is 1. The predicted molar refractivity (Wildman–Crippen MR) is 91.3 cm³/mol. The Balaban J connectivity index is 1.98. The maximum absolute atomic E-state index is 13.8. The number of aromatic nitrogens is 1. The van der Waals surface area contributed by atoms with E-state index in [-0.39, 0.29) is 0 Å². The number of hydrogen-bond donors (Lipinski definition) is 2. The van der Waals surface area contributed by atoms with E-state index in [0.717, 1.165) is 23.0 Å². The van der Waals surface area contributed by atoms with Gasteiger partial charge in [-0.25, -0.2) is 8.78 Å². The molecule has 0 unspecified atom stereocenters. The highest BCUT2D eigenvalue weighted by molar-refractivity contribution is 6.31. The highest BCUT2D eigenvalue weighted by Crippen LogP contribution is 2.33. The summed E-state index contributed by atoms with van der Waals surface area (Å²) in [7, 11) is 0. The number of benzene rings is 2. The van der Waals surface area contributed by atoms with Gasteiger partial charge in [0, 0.05) is 22.1 Å². The largest absolute Gasteiger partial charge is 0.361 e. The summed E-state index contributed by atoms with van der Waals surface area (Å²) < 4.78 is 27.5. The van der Waals surface area contributed by atoms with Gasteiger partial charge in [-0.05, 0) is 43.7 Å². The molecule has 0 bridgehead atoms. The third-order valence-electron chi connectivity index (χ3n) is 4.09. The molecule has 6 heteroatoms. The third kappa shape index (κ3) is 2.76. The average Bonchev–Trinajstić information content (AvgIpc) is 2.94. The number of halogens is 3. The van der Waals surface area contributed by atoms with Gasteiger partial charge in [-0.3, -0.25) is 4.79 Å². The van der Waals surface area contributed by atoms with E-state index in [2.05, 4.69) is 10.3 Å². The molecule has 24 heavy (non-hydrogen) atoms. The number of rotatable bonds is 3. The lowest BCUT2D eigenvalue weighted by atomic mass is 9.83. The van der Waals surface area contributed by atoms with E-state index in [1.165, 1.54) is 6.07 Å². The Morgan fingerprint density at radius 2 is 1.83 bits per heavy atom. The quantitative estimate of drug-likeness (QED) is 0.686. The van der Waals surface area contributed by atoms with Crippen molar-refractivity contribution in [1.82, 2.24) is 4.98 Å². The van der Waals surface area contributed by atoms with E-state index >= 15 is 0 Å². The van der Waals surface area contributed by atoms with Crippen molar-refractivity contribution in [2.45, 2.75) is 19.3 Å². The Labute approximate surface area is 142 Å². The molecule has 3 nitrogen and oxygen atoms in total. The van der Waals surface area contributed by atoms with Crippen molar-refractivity contribution in [2.75, 3.05) is 5.32 Å². The van der Waals surface area contributed by atoms with Crippen LogP contribution in [-0.2, 0) is 10.2 Å². The first kappa shape index (κ1) is 16.5. The molecule has 3 rings (SSSR count). The molecule has 0 aliphatic heterocycles. The van der Waals surface area contributed by atoms with E-state index < -0.39 is 28.6 Å². The van der Waals surface area contributed by atoms with E-state index in [1.54, 1.807) is 32.2 Å². The van der Waals surface area contributed by atoms with Crippen LogP contribution in [0.5, 0.6) is 0 Å². The highest BCUT2D eigenvalue weighted by atomic mass is 35.5. The zero-order chi connectivity index (χ0) is 17.5. The molecular formula is C18H15ClF2N2O. The van der Waals surface area contributed by atoms with Crippen LogP contribution in [0.15, 0.2) is 42.6 Å². The minimum atomic E-state index is -1.01. The van der Waals surface area contributed by atoms with Crippen LogP contribution in [0.3, 0.4) is 0 Å². The second-order valence-electron chi connectivity index (χ2n) is 6.07. The number of fused-ring (bicyclic) bond motifs is 1. The van der Waals surface area contributed by atoms with Gasteiger partial charge >= 0.3 is 0 Å². The van der Waals surface area contributed by atoms with E-state index in [4.69, 9.17) is 11.6 Å². The van der Waals surface area contributed by atoms with Crippen molar-refractivity contribution >= 4 is 34.1 Å². The molecule has 0 aliphatic rings. The zero-order valence-electron chi connectivity index (χ0n) is 13.1. The first-order valence-electron chi connectivity index (χ1n) is 7.33. The summed E-state index contributed by atoms with van der Waals surface area (Å²) in [5.41, 5.74) is 0.0400. The summed E-state index contributed by atoms with van der Waals surface area (Å²) in [5.74, 6) is -2.14. The monoisotopic (exact) mass is 348 g/mol. The SMILES string of the molecule is CC(C)(C(=O)Nc1c(F)cccc1F)c1c[nH]c2cc(Cl)ccc12. The van der Waals surface area contributed by atoms with Crippen molar-refractivity contribution in [3.8, 4) is 0 Å². The fourth-order valence-electron chi connectivity index (χ4n) is 2.62. The molecule has 0 atom stereocenters. The average molecular weight is 349 g/mol. The van der Waals surface area contributed by atoms with Gasteiger partial charge in [-0.15, -0.1) is 0 Å². The lowest BCUT2D eigenvalue weighted by molar-refractivity contribution is -0.120. The molecule has 0 spiro atoms. The minimum absolute atomic E-state index is 0.446. The fourth-order valence-corrected chi connectivity index (χ4v) is 2.80. The summed E-state index contributed by atoms with van der Waals surface area (Å²) >= 11 is 5.96. The molecular weight excluding hydrogens is 334 g/mol. The minimum Gasteiger partial charge on any atom is -0.361 e. The zero-order valence-corrected chi connectivity index (χ0v) is 13.8. The summed E-state index contributed by atoms with van der Waals surface area (Å²) in [6.45, 7) is 3.39. The molecule has 3 aromatic rings. The molecule has 2 aromatic carbocycles.